The van der Waals surface area contributed by atoms with Gasteiger partial charge in [0.15, 0.2) is 0 Å². The molecule has 1 aromatic rings. The van der Waals surface area contributed by atoms with Crippen LogP contribution in [0.15, 0.2) is 24.3 Å². The summed E-state index contributed by atoms with van der Waals surface area (Å²) in [7, 11) is 0. The molecule has 0 heterocycles. The highest BCUT2D eigenvalue weighted by atomic mass is 16.1. The van der Waals surface area contributed by atoms with E-state index in [4.69, 9.17) is 5.73 Å². The van der Waals surface area contributed by atoms with E-state index in [9.17, 15) is 4.79 Å². The van der Waals surface area contributed by atoms with Crippen LogP contribution in [-0.2, 0) is 11.2 Å². The Morgan fingerprint density at radius 1 is 1.20 bits per heavy atom. The number of amides is 1. The van der Waals surface area contributed by atoms with Crippen molar-refractivity contribution in [1.82, 2.24) is 5.32 Å². The number of nitrogens with one attached hydrogen (secondary N) is 1. The van der Waals surface area contributed by atoms with E-state index in [2.05, 4.69) is 5.32 Å². The first-order valence-corrected chi connectivity index (χ1v) is 7.84. The molecule has 3 rings (SSSR count). The van der Waals surface area contributed by atoms with E-state index in [0.29, 0.717) is 6.42 Å². The van der Waals surface area contributed by atoms with Gasteiger partial charge in [-0.1, -0.05) is 18.2 Å². The fraction of sp³-hybridized carbons (Fsp3) is 0.588. The zero-order valence-corrected chi connectivity index (χ0v) is 12.0. The standard InChI is InChI=1S/C17H24N2O/c18-16-4-2-1-3-14(16)9-10-17(20)19-11-15(12-5-6-12)13-7-8-13/h1-4,12-13,15H,5-11,18H2,(H,19,20). The van der Waals surface area contributed by atoms with Crippen LogP contribution in [0.25, 0.3) is 0 Å². The van der Waals surface area contributed by atoms with Crippen LogP contribution < -0.4 is 11.1 Å². The molecule has 1 amide bonds. The Morgan fingerprint density at radius 3 is 2.45 bits per heavy atom. The van der Waals surface area contributed by atoms with Crippen molar-refractivity contribution in [1.29, 1.82) is 0 Å². The number of nitrogen functional groups attached to an aromatic ring is 1. The Hall–Kier alpha value is -1.51. The number of para-hydroxylation sites is 1. The molecule has 0 saturated heterocycles. The summed E-state index contributed by atoms with van der Waals surface area (Å²) in [5, 5.41) is 3.14. The molecule has 3 heteroatoms. The molecule has 0 aliphatic heterocycles. The number of hydrogen-bond acceptors (Lipinski definition) is 2. The molecule has 0 atom stereocenters. The second-order valence-electron chi connectivity index (χ2n) is 6.34. The largest absolute Gasteiger partial charge is 0.399 e. The van der Waals surface area contributed by atoms with E-state index in [1.807, 2.05) is 24.3 Å². The van der Waals surface area contributed by atoms with Crippen molar-refractivity contribution in [2.45, 2.75) is 38.5 Å². The molecule has 0 aromatic heterocycles. The SMILES string of the molecule is Nc1ccccc1CCC(=O)NCC(C1CC1)C1CC1. The van der Waals surface area contributed by atoms with Crippen molar-refractivity contribution in [3.05, 3.63) is 29.8 Å². The van der Waals surface area contributed by atoms with Crippen molar-refractivity contribution in [3.63, 3.8) is 0 Å². The highest BCUT2D eigenvalue weighted by molar-refractivity contribution is 5.76. The number of carbonyl (C=O) groups excluding carboxylic acids is 1. The molecular weight excluding hydrogens is 248 g/mol. The van der Waals surface area contributed by atoms with Gasteiger partial charge in [0, 0.05) is 18.7 Å². The van der Waals surface area contributed by atoms with Crippen LogP contribution in [0, 0.1) is 17.8 Å². The molecule has 0 spiro atoms. The lowest BCUT2D eigenvalue weighted by atomic mass is 9.98. The number of anilines is 1. The van der Waals surface area contributed by atoms with Gasteiger partial charge >= 0.3 is 0 Å². The van der Waals surface area contributed by atoms with Crippen LogP contribution in [0.2, 0.25) is 0 Å². The van der Waals surface area contributed by atoms with Crippen LogP contribution in [0.3, 0.4) is 0 Å². The molecule has 2 saturated carbocycles. The Balaban J connectivity index is 1.42. The lowest BCUT2D eigenvalue weighted by Gasteiger charge is -2.16. The molecule has 108 valence electrons. The molecule has 0 radical (unpaired) electrons. The Morgan fingerprint density at radius 2 is 1.85 bits per heavy atom. The van der Waals surface area contributed by atoms with Gasteiger partial charge in [0.1, 0.15) is 0 Å². The monoisotopic (exact) mass is 272 g/mol. The van der Waals surface area contributed by atoms with Gasteiger partial charge in [0.05, 0.1) is 0 Å². The third-order valence-electron chi connectivity index (χ3n) is 4.67. The molecular formula is C17H24N2O. The lowest BCUT2D eigenvalue weighted by Crippen LogP contribution is -2.31. The number of carbonyl (C=O) groups is 1. The highest BCUT2D eigenvalue weighted by Gasteiger charge is 2.41. The molecule has 2 aliphatic carbocycles. The highest BCUT2D eigenvalue weighted by Crippen LogP contribution is 2.48. The molecule has 0 unspecified atom stereocenters. The molecule has 0 bridgehead atoms. The number of benzene rings is 1. The zero-order valence-electron chi connectivity index (χ0n) is 12.0. The van der Waals surface area contributed by atoms with Crippen molar-refractivity contribution in [3.8, 4) is 0 Å². The number of nitrogens with two attached hydrogens (primary N) is 1. The van der Waals surface area contributed by atoms with Gasteiger partial charge in [-0.2, -0.15) is 0 Å². The number of hydrogen-bond donors (Lipinski definition) is 2. The Kier molecular flexibility index (Phi) is 3.95. The van der Waals surface area contributed by atoms with Gasteiger partial charge in [0.25, 0.3) is 0 Å². The summed E-state index contributed by atoms with van der Waals surface area (Å²) in [5.41, 5.74) is 7.75. The molecule has 2 aliphatic rings. The first kappa shape index (κ1) is 13.5. The van der Waals surface area contributed by atoms with Crippen LogP contribution in [0.4, 0.5) is 5.69 Å². The summed E-state index contributed by atoms with van der Waals surface area (Å²) < 4.78 is 0. The van der Waals surface area contributed by atoms with Gasteiger partial charge in [-0.25, -0.2) is 0 Å². The maximum Gasteiger partial charge on any atom is 0.220 e. The fourth-order valence-corrected chi connectivity index (χ4v) is 3.10. The first-order chi connectivity index (χ1) is 9.74. The lowest BCUT2D eigenvalue weighted by molar-refractivity contribution is -0.121. The number of aryl methyl sites for hydroxylation is 1. The van der Waals surface area contributed by atoms with Gasteiger partial charge < -0.3 is 11.1 Å². The normalized spacial score (nSPS) is 18.2. The molecule has 3 nitrogen and oxygen atoms in total. The van der Waals surface area contributed by atoms with Crippen molar-refractivity contribution < 1.29 is 4.79 Å². The average molecular weight is 272 g/mol. The minimum Gasteiger partial charge on any atom is -0.399 e. The summed E-state index contributed by atoms with van der Waals surface area (Å²) in [6.45, 7) is 0.887. The second-order valence-corrected chi connectivity index (χ2v) is 6.34. The van der Waals surface area contributed by atoms with E-state index in [0.717, 1.165) is 42.0 Å². The van der Waals surface area contributed by atoms with Gasteiger partial charge in [0.2, 0.25) is 5.91 Å². The molecule has 2 fully saturated rings. The minimum absolute atomic E-state index is 0.166. The first-order valence-electron chi connectivity index (χ1n) is 7.84. The van der Waals surface area contributed by atoms with E-state index >= 15 is 0 Å². The minimum atomic E-state index is 0.166. The van der Waals surface area contributed by atoms with Gasteiger partial charge in [-0.15, -0.1) is 0 Å². The predicted molar refractivity (Wildman–Crippen MR) is 81.1 cm³/mol. The molecule has 1 aromatic carbocycles. The van der Waals surface area contributed by atoms with Crippen molar-refractivity contribution >= 4 is 11.6 Å². The molecule has 3 N–H and O–H groups in total. The van der Waals surface area contributed by atoms with Crippen LogP contribution in [-0.4, -0.2) is 12.5 Å². The van der Waals surface area contributed by atoms with Crippen molar-refractivity contribution in [2.24, 2.45) is 17.8 Å². The smallest absolute Gasteiger partial charge is 0.220 e. The Bertz CT molecular complexity index is 466. The quantitative estimate of drug-likeness (QED) is 0.750. The van der Waals surface area contributed by atoms with E-state index in [1.54, 1.807) is 0 Å². The van der Waals surface area contributed by atoms with Crippen LogP contribution in [0.1, 0.15) is 37.7 Å². The predicted octanol–water partition coefficient (Wildman–Crippen LogP) is 2.75. The third-order valence-corrected chi connectivity index (χ3v) is 4.67. The number of rotatable bonds is 7. The third kappa shape index (κ3) is 3.53. The van der Waals surface area contributed by atoms with Crippen LogP contribution >= 0.6 is 0 Å². The fourth-order valence-electron chi connectivity index (χ4n) is 3.10. The summed E-state index contributed by atoms with van der Waals surface area (Å²) >= 11 is 0. The average Bonchev–Trinajstić information content (AvgIpc) is 3.31. The molecule has 20 heavy (non-hydrogen) atoms. The summed E-state index contributed by atoms with van der Waals surface area (Å²) in [6.07, 6.45) is 6.76. The van der Waals surface area contributed by atoms with Crippen molar-refractivity contribution in [2.75, 3.05) is 12.3 Å². The van der Waals surface area contributed by atoms with Gasteiger partial charge in [-0.05, 0) is 61.5 Å². The maximum atomic E-state index is 12.0. The van der Waals surface area contributed by atoms with Crippen LogP contribution in [0.5, 0.6) is 0 Å². The van der Waals surface area contributed by atoms with Gasteiger partial charge in [-0.3, -0.25) is 4.79 Å². The topological polar surface area (TPSA) is 55.1 Å². The maximum absolute atomic E-state index is 12.0. The Labute approximate surface area is 120 Å². The van der Waals surface area contributed by atoms with E-state index < -0.39 is 0 Å². The van der Waals surface area contributed by atoms with E-state index in [-0.39, 0.29) is 5.91 Å². The second kappa shape index (κ2) is 5.86. The summed E-state index contributed by atoms with van der Waals surface area (Å²) in [4.78, 5) is 12.0. The summed E-state index contributed by atoms with van der Waals surface area (Å²) in [5.74, 6) is 2.71. The zero-order chi connectivity index (χ0) is 13.9. The summed E-state index contributed by atoms with van der Waals surface area (Å²) in [6, 6.07) is 7.79. The van der Waals surface area contributed by atoms with E-state index in [1.165, 1.54) is 25.7 Å².